The minimum atomic E-state index is -0.165. The quantitative estimate of drug-likeness (QED) is 0.655. The first-order chi connectivity index (χ1) is 13.0. The third-order valence-corrected chi connectivity index (χ3v) is 4.46. The largest absolute Gasteiger partial charge is 0.497 e. The van der Waals surface area contributed by atoms with E-state index in [2.05, 4.69) is 5.32 Å². The molecule has 1 amide bonds. The van der Waals surface area contributed by atoms with Crippen molar-refractivity contribution < 1.29 is 18.7 Å². The summed E-state index contributed by atoms with van der Waals surface area (Å²) in [5.74, 6) is 1.27. The first kappa shape index (κ1) is 18.6. The minimum Gasteiger partial charge on any atom is -0.497 e. The summed E-state index contributed by atoms with van der Waals surface area (Å²) in [6.07, 6.45) is 3.30. The van der Waals surface area contributed by atoms with Crippen molar-refractivity contribution in [2.75, 3.05) is 14.2 Å². The topological polar surface area (TPSA) is 60.7 Å². The predicted octanol–water partition coefficient (Wildman–Crippen LogP) is 4.48. The normalized spacial score (nSPS) is 11.5. The van der Waals surface area contributed by atoms with Gasteiger partial charge in [0.15, 0.2) is 0 Å². The molecule has 1 N–H and O–H groups in total. The smallest absolute Gasteiger partial charge is 0.244 e. The highest BCUT2D eigenvalue weighted by molar-refractivity contribution is 5.97. The Bertz CT molecular complexity index is 1000. The van der Waals surface area contributed by atoms with Crippen LogP contribution in [0, 0.1) is 6.92 Å². The van der Waals surface area contributed by atoms with Gasteiger partial charge in [0.25, 0.3) is 0 Å². The molecular weight excluding hydrogens is 342 g/mol. The third kappa shape index (κ3) is 4.14. The minimum absolute atomic E-state index is 0.165. The van der Waals surface area contributed by atoms with Gasteiger partial charge in [0.2, 0.25) is 5.91 Å². The van der Waals surface area contributed by atoms with Gasteiger partial charge in [-0.15, -0.1) is 0 Å². The second-order valence-corrected chi connectivity index (χ2v) is 6.36. The number of fused-ring (bicyclic) bond motifs is 1. The van der Waals surface area contributed by atoms with Crippen LogP contribution in [-0.2, 0) is 11.3 Å². The van der Waals surface area contributed by atoms with Crippen molar-refractivity contribution >= 4 is 22.4 Å². The first-order valence-electron chi connectivity index (χ1n) is 8.67. The summed E-state index contributed by atoms with van der Waals surface area (Å²) < 4.78 is 16.2. The highest BCUT2D eigenvalue weighted by atomic mass is 16.5. The molecule has 2 aromatic carbocycles. The Morgan fingerprint density at radius 1 is 1.19 bits per heavy atom. The Hall–Kier alpha value is -3.21. The summed E-state index contributed by atoms with van der Waals surface area (Å²) in [6.45, 7) is 4.31. The molecular formula is C22H23NO4. The van der Waals surface area contributed by atoms with E-state index in [1.165, 1.54) is 0 Å². The average Bonchev–Trinajstić information content (AvgIpc) is 3.05. The molecule has 27 heavy (non-hydrogen) atoms. The Balaban J connectivity index is 1.78. The van der Waals surface area contributed by atoms with Crippen LogP contribution in [0.2, 0.25) is 0 Å². The lowest BCUT2D eigenvalue weighted by molar-refractivity contribution is -0.116. The number of amides is 1. The maximum Gasteiger partial charge on any atom is 0.244 e. The maximum atomic E-state index is 12.4. The summed E-state index contributed by atoms with van der Waals surface area (Å²) in [7, 11) is 3.23. The highest BCUT2D eigenvalue weighted by Gasteiger charge is 2.12. The summed E-state index contributed by atoms with van der Waals surface area (Å²) in [4.78, 5) is 12.4. The van der Waals surface area contributed by atoms with Gasteiger partial charge in [-0.1, -0.05) is 12.1 Å². The molecule has 140 valence electrons. The van der Waals surface area contributed by atoms with Crippen LogP contribution in [0.25, 0.3) is 16.5 Å². The van der Waals surface area contributed by atoms with Crippen molar-refractivity contribution in [3.8, 4) is 11.5 Å². The van der Waals surface area contributed by atoms with Gasteiger partial charge >= 0.3 is 0 Å². The fourth-order valence-corrected chi connectivity index (χ4v) is 2.96. The molecule has 0 aliphatic heterocycles. The number of hydrogen-bond donors (Lipinski definition) is 1. The molecule has 0 saturated carbocycles. The number of carbonyl (C=O) groups is 1. The molecule has 1 aromatic heterocycles. The number of aryl methyl sites for hydroxylation is 1. The highest BCUT2D eigenvalue weighted by Crippen LogP contribution is 2.33. The van der Waals surface area contributed by atoms with E-state index < -0.39 is 0 Å². The zero-order valence-corrected chi connectivity index (χ0v) is 16.0. The van der Waals surface area contributed by atoms with Crippen LogP contribution in [0.1, 0.15) is 23.6 Å². The number of hydrogen-bond acceptors (Lipinski definition) is 4. The van der Waals surface area contributed by atoms with Crippen LogP contribution in [0.3, 0.4) is 0 Å². The lowest BCUT2D eigenvalue weighted by Gasteiger charge is -2.10. The lowest BCUT2D eigenvalue weighted by Crippen LogP contribution is -2.20. The number of benzene rings is 2. The standard InChI is InChI=1S/C22H23NO4/c1-14(8-22(24)23-12-16-6-5-7-17(9-16)25-3)18-10-19-15(2)13-27-21(19)11-20(18)26-4/h5-11,13H,12H2,1-4H3,(H,23,24)/b14-8+. The summed E-state index contributed by atoms with van der Waals surface area (Å²) in [6, 6.07) is 11.5. The predicted molar refractivity (Wildman–Crippen MR) is 106 cm³/mol. The second-order valence-electron chi connectivity index (χ2n) is 6.36. The van der Waals surface area contributed by atoms with E-state index in [1.54, 1.807) is 26.6 Å². The van der Waals surface area contributed by atoms with E-state index in [-0.39, 0.29) is 5.91 Å². The van der Waals surface area contributed by atoms with Crippen molar-refractivity contribution in [2.45, 2.75) is 20.4 Å². The molecule has 0 aliphatic rings. The van der Waals surface area contributed by atoms with Crippen molar-refractivity contribution in [2.24, 2.45) is 0 Å². The van der Waals surface area contributed by atoms with Crippen LogP contribution in [0.5, 0.6) is 11.5 Å². The molecule has 0 saturated heterocycles. The third-order valence-electron chi connectivity index (χ3n) is 4.46. The number of allylic oxidation sites excluding steroid dienone is 1. The van der Waals surface area contributed by atoms with Crippen LogP contribution in [0.15, 0.2) is 53.2 Å². The summed E-state index contributed by atoms with van der Waals surface area (Å²) in [5, 5.41) is 3.91. The van der Waals surface area contributed by atoms with Crippen LogP contribution < -0.4 is 14.8 Å². The molecule has 1 heterocycles. The molecule has 0 unspecified atom stereocenters. The number of furan rings is 1. The Morgan fingerprint density at radius 2 is 2.00 bits per heavy atom. The SMILES string of the molecule is COc1cccc(CNC(=O)/C=C(\C)c2cc3c(C)coc3cc2OC)c1. The van der Waals surface area contributed by atoms with Crippen molar-refractivity contribution in [3.05, 3.63) is 65.4 Å². The molecule has 5 heteroatoms. The molecule has 5 nitrogen and oxygen atoms in total. The monoisotopic (exact) mass is 365 g/mol. The summed E-state index contributed by atoms with van der Waals surface area (Å²) in [5.41, 5.74) is 4.47. The molecule has 0 aliphatic carbocycles. The van der Waals surface area contributed by atoms with E-state index >= 15 is 0 Å². The molecule has 0 fully saturated rings. The Labute approximate surface area is 158 Å². The van der Waals surface area contributed by atoms with Gasteiger partial charge < -0.3 is 19.2 Å². The van der Waals surface area contributed by atoms with E-state index in [4.69, 9.17) is 13.9 Å². The summed E-state index contributed by atoms with van der Waals surface area (Å²) >= 11 is 0. The number of ether oxygens (including phenoxy) is 2. The fourth-order valence-electron chi connectivity index (χ4n) is 2.96. The van der Waals surface area contributed by atoms with Crippen LogP contribution in [0.4, 0.5) is 0 Å². The van der Waals surface area contributed by atoms with Crippen LogP contribution >= 0.6 is 0 Å². The van der Waals surface area contributed by atoms with Crippen LogP contribution in [-0.4, -0.2) is 20.1 Å². The van der Waals surface area contributed by atoms with Crippen molar-refractivity contribution in [1.82, 2.24) is 5.32 Å². The Kier molecular flexibility index (Phi) is 5.50. The van der Waals surface area contributed by atoms with Gasteiger partial charge in [0, 0.05) is 29.6 Å². The lowest BCUT2D eigenvalue weighted by atomic mass is 10.0. The Morgan fingerprint density at radius 3 is 2.74 bits per heavy atom. The van der Waals surface area contributed by atoms with Crippen molar-refractivity contribution in [1.29, 1.82) is 0 Å². The molecule has 0 spiro atoms. The fraction of sp³-hybridized carbons (Fsp3) is 0.227. The van der Waals surface area contributed by atoms with E-state index in [1.807, 2.05) is 50.2 Å². The van der Waals surface area contributed by atoms with Gasteiger partial charge in [-0.2, -0.15) is 0 Å². The number of methoxy groups -OCH3 is 2. The van der Waals surface area contributed by atoms with Crippen molar-refractivity contribution in [3.63, 3.8) is 0 Å². The zero-order chi connectivity index (χ0) is 19.4. The van der Waals surface area contributed by atoms with Gasteiger partial charge in [-0.25, -0.2) is 0 Å². The van der Waals surface area contributed by atoms with E-state index in [0.29, 0.717) is 12.3 Å². The number of nitrogens with one attached hydrogen (secondary N) is 1. The van der Waals surface area contributed by atoms with E-state index in [0.717, 1.165) is 39.0 Å². The number of rotatable bonds is 6. The molecule has 0 bridgehead atoms. The van der Waals surface area contributed by atoms with Gasteiger partial charge in [0.05, 0.1) is 20.5 Å². The van der Waals surface area contributed by atoms with E-state index in [9.17, 15) is 4.79 Å². The van der Waals surface area contributed by atoms with Gasteiger partial charge in [0.1, 0.15) is 17.1 Å². The second kappa shape index (κ2) is 7.99. The maximum absolute atomic E-state index is 12.4. The van der Waals surface area contributed by atoms with Gasteiger partial charge in [-0.05, 0) is 48.7 Å². The average molecular weight is 365 g/mol. The molecule has 3 aromatic rings. The zero-order valence-electron chi connectivity index (χ0n) is 16.0. The molecule has 3 rings (SSSR count). The van der Waals surface area contributed by atoms with Gasteiger partial charge in [-0.3, -0.25) is 4.79 Å². The molecule has 0 radical (unpaired) electrons. The molecule has 0 atom stereocenters. The first-order valence-corrected chi connectivity index (χ1v) is 8.67. The number of carbonyl (C=O) groups excluding carboxylic acids is 1.